The summed E-state index contributed by atoms with van der Waals surface area (Å²) in [6.07, 6.45) is 0.0336. The van der Waals surface area contributed by atoms with Gasteiger partial charge in [0, 0.05) is 29.0 Å². The van der Waals surface area contributed by atoms with Crippen LogP contribution in [0, 0.1) is 6.92 Å². The molecule has 0 bridgehead atoms. The van der Waals surface area contributed by atoms with Crippen LogP contribution in [0.15, 0.2) is 23.1 Å². The Bertz CT molecular complexity index is 486. The summed E-state index contributed by atoms with van der Waals surface area (Å²) in [7, 11) is 1.56. The lowest BCUT2D eigenvalue weighted by Crippen LogP contribution is -2.28. The molecule has 0 spiro atoms. The average molecular weight is 347 g/mol. The SMILES string of the molecule is COC(CN)CC(=O)Nc1ccc(SC(C)(C)C)cc1C.Cl. The molecule has 3 N–H and O–H groups in total. The van der Waals surface area contributed by atoms with Crippen molar-refractivity contribution in [3.8, 4) is 0 Å². The minimum Gasteiger partial charge on any atom is -0.380 e. The van der Waals surface area contributed by atoms with Crippen LogP contribution in [0.4, 0.5) is 5.69 Å². The van der Waals surface area contributed by atoms with Crippen LogP contribution in [-0.4, -0.2) is 30.4 Å². The van der Waals surface area contributed by atoms with E-state index in [4.69, 9.17) is 10.5 Å². The summed E-state index contributed by atoms with van der Waals surface area (Å²) in [5.41, 5.74) is 7.42. The number of hydrogen-bond acceptors (Lipinski definition) is 4. The molecule has 1 amide bonds. The third-order valence-electron chi connectivity index (χ3n) is 2.91. The smallest absolute Gasteiger partial charge is 0.227 e. The highest BCUT2D eigenvalue weighted by atomic mass is 35.5. The second kappa shape index (κ2) is 9.40. The molecule has 4 nitrogen and oxygen atoms in total. The maximum absolute atomic E-state index is 12.0. The molecule has 0 aliphatic heterocycles. The number of methoxy groups -OCH3 is 1. The van der Waals surface area contributed by atoms with Crippen LogP contribution >= 0.6 is 24.2 Å². The number of carbonyl (C=O) groups excluding carboxylic acids is 1. The van der Waals surface area contributed by atoms with E-state index in [-0.39, 0.29) is 35.6 Å². The van der Waals surface area contributed by atoms with Crippen molar-refractivity contribution in [2.45, 2.75) is 49.9 Å². The summed E-state index contributed by atoms with van der Waals surface area (Å²) in [5.74, 6) is -0.0772. The number of hydrogen-bond donors (Lipinski definition) is 2. The van der Waals surface area contributed by atoms with Gasteiger partial charge in [-0.05, 0) is 30.7 Å². The van der Waals surface area contributed by atoms with Gasteiger partial charge in [0.15, 0.2) is 0 Å². The molecule has 0 saturated carbocycles. The fourth-order valence-electron chi connectivity index (χ4n) is 1.86. The summed E-state index contributed by atoms with van der Waals surface area (Å²) in [4.78, 5) is 13.2. The average Bonchev–Trinajstić information content (AvgIpc) is 2.37. The van der Waals surface area contributed by atoms with E-state index in [0.717, 1.165) is 11.3 Å². The molecule has 0 aliphatic rings. The van der Waals surface area contributed by atoms with Gasteiger partial charge in [-0.1, -0.05) is 20.8 Å². The summed E-state index contributed by atoms with van der Waals surface area (Å²) in [6.45, 7) is 8.88. The fraction of sp³-hybridized carbons (Fsp3) is 0.562. The molecule has 22 heavy (non-hydrogen) atoms. The van der Waals surface area contributed by atoms with Gasteiger partial charge < -0.3 is 15.8 Å². The first kappa shape index (κ1) is 21.2. The zero-order valence-corrected chi connectivity index (χ0v) is 15.6. The predicted octanol–water partition coefficient (Wildman–Crippen LogP) is 3.61. The van der Waals surface area contributed by atoms with Crippen LogP contribution in [0.3, 0.4) is 0 Å². The molecule has 1 atom stereocenters. The standard InChI is InChI=1S/C16H26N2O2S.ClH/c1-11-8-13(21-16(2,3)4)6-7-14(11)18-15(19)9-12(10-17)20-5;/h6-8,12H,9-10,17H2,1-5H3,(H,18,19);1H. The van der Waals surface area contributed by atoms with E-state index in [9.17, 15) is 4.79 Å². The Labute approximate surface area is 144 Å². The van der Waals surface area contributed by atoms with E-state index in [1.165, 1.54) is 4.90 Å². The zero-order chi connectivity index (χ0) is 16.0. The van der Waals surface area contributed by atoms with Crippen molar-refractivity contribution < 1.29 is 9.53 Å². The molecular formula is C16H27ClN2O2S. The number of aryl methyl sites for hydroxylation is 1. The van der Waals surface area contributed by atoms with Crippen LogP contribution < -0.4 is 11.1 Å². The first-order valence-corrected chi connectivity index (χ1v) is 7.89. The van der Waals surface area contributed by atoms with Crippen LogP contribution in [0.1, 0.15) is 32.8 Å². The van der Waals surface area contributed by atoms with Crippen LogP contribution in [0.25, 0.3) is 0 Å². The van der Waals surface area contributed by atoms with Gasteiger partial charge in [-0.25, -0.2) is 0 Å². The second-order valence-corrected chi connectivity index (χ2v) is 7.94. The van der Waals surface area contributed by atoms with E-state index >= 15 is 0 Å². The Hall–Kier alpha value is -0.750. The number of nitrogens with one attached hydrogen (secondary N) is 1. The molecule has 126 valence electrons. The lowest BCUT2D eigenvalue weighted by molar-refractivity contribution is -0.118. The molecule has 1 aromatic rings. The number of halogens is 1. The van der Waals surface area contributed by atoms with Crippen molar-refractivity contribution in [2.75, 3.05) is 19.0 Å². The Kier molecular flexibility index (Phi) is 9.08. The van der Waals surface area contributed by atoms with Crippen molar-refractivity contribution in [1.29, 1.82) is 0 Å². The van der Waals surface area contributed by atoms with Gasteiger partial charge in [-0.2, -0.15) is 0 Å². The van der Waals surface area contributed by atoms with Crippen LogP contribution in [0.2, 0.25) is 0 Å². The Morgan fingerprint density at radius 1 is 1.41 bits per heavy atom. The largest absolute Gasteiger partial charge is 0.380 e. The van der Waals surface area contributed by atoms with Crippen molar-refractivity contribution in [3.05, 3.63) is 23.8 Å². The van der Waals surface area contributed by atoms with Crippen molar-refractivity contribution in [1.82, 2.24) is 0 Å². The van der Waals surface area contributed by atoms with Crippen molar-refractivity contribution in [3.63, 3.8) is 0 Å². The first-order valence-electron chi connectivity index (χ1n) is 7.07. The van der Waals surface area contributed by atoms with Crippen molar-refractivity contribution >= 4 is 35.8 Å². The van der Waals surface area contributed by atoms with Crippen LogP contribution in [-0.2, 0) is 9.53 Å². The second-order valence-electron chi connectivity index (χ2n) is 6.04. The van der Waals surface area contributed by atoms with Gasteiger partial charge in [0.25, 0.3) is 0 Å². The highest BCUT2D eigenvalue weighted by Gasteiger charge is 2.15. The highest BCUT2D eigenvalue weighted by molar-refractivity contribution is 8.00. The van der Waals surface area contributed by atoms with Crippen LogP contribution in [0.5, 0.6) is 0 Å². The number of nitrogens with two attached hydrogens (primary N) is 1. The quantitative estimate of drug-likeness (QED) is 0.772. The molecular weight excluding hydrogens is 320 g/mol. The number of rotatable bonds is 6. The topological polar surface area (TPSA) is 64.3 Å². The predicted molar refractivity (Wildman–Crippen MR) is 97.1 cm³/mol. The van der Waals surface area contributed by atoms with E-state index in [0.29, 0.717) is 6.54 Å². The summed E-state index contributed by atoms with van der Waals surface area (Å²) >= 11 is 1.81. The summed E-state index contributed by atoms with van der Waals surface area (Å²) < 4.78 is 5.29. The molecule has 6 heteroatoms. The van der Waals surface area contributed by atoms with E-state index in [2.05, 4.69) is 32.2 Å². The molecule has 0 radical (unpaired) electrons. The van der Waals surface area contributed by atoms with Crippen molar-refractivity contribution in [2.24, 2.45) is 5.73 Å². The number of amides is 1. The van der Waals surface area contributed by atoms with E-state index < -0.39 is 0 Å². The zero-order valence-electron chi connectivity index (χ0n) is 13.9. The maximum atomic E-state index is 12.0. The lowest BCUT2D eigenvalue weighted by Gasteiger charge is -2.19. The minimum absolute atomic E-state index is 0. The summed E-state index contributed by atoms with van der Waals surface area (Å²) in [6, 6.07) is 6.09. The lowest BCUT2D eigenvalue weighted by atomic mass is 10.2. The minimum atomic E-state index is -0.235. The molecule has 0 heterocycles. The molecule has 1 aromatic carbocycles. The molecule has 1 unspecified atom stereocenters. The monoisotopic (exact) mass is 346 g/mol. The van der Waals surface area contributed by atoms with Gasteiger partial charge in [-0.15, -0.1) is 24.2 Å². The summed E-state index contributed by atoms with van der Waals surface area (Å²) in [5, 5.41) is 2.92. The van der Waals surface area contributed by atoms with E-state index in [1.807, 2.05) is 30.8 Å². The molecule has 0 fully saturated rings. The maximum Gasteiger partial charge on any atom is 0.227 e. The van der Waals surface area contributed by atoms with Gasteiger partial charge in [0.1, 0.15) is 0 Å². The number of benzene rings is 1. The van der Waals surface area contributed by atoms with Gasteiger partial charge in [0.05, 0.1) is 12.5 Å². The number of carbonyl (C=O) groups is 1. The molecule has 0 saturated heterocycles. The number of anilines is 1. The Balaban J connectivity index is 0.00000441. The first-order chi connectivity index (χ1) is 9.75. The fourth-order valence-corrected chi connectivity index (χ4v) is 2.94. The third kappa shape index (κ3) is 7.49. The van der Waals surface area contributed by atoms with Gasteiger partial charge >= 0.3 is 0 Å². The number of ether oxygens (including phenoxy) is 1. The number of thioether (sulfide) groups is 1. The van der Waals surface area contributed by atoms with Gasteiger partial charge in [-0.3, -0.25) is 4.79 Å². The molecule has 1 rings (SSSR count). The Morgan fingerprint density at radius 3 is 2.50 bits per heavy atom. The Morgan fingerprint density at radius 2 is 2.05 bits per heavy atom. The highest BCUT2D eigenvalue weighted by Crippen LogP contribution is 2.33. The molecule has 0 aromatic heterocycles. The van der Waals surface area contributed by atoms with E-state index in [1.54, 1.807) is 7.11 Å². The van der Waals surface area contributed by atoms with Gasteiger partial charge in [0.2, 0.25) is 5.91 Å². The third-order valence-corrected chi connectivity index (χ3v) is 4.01. The normalized spacial score (nSPS) is 12.5. The molecule has 0 aliphatic carbocycles.